The third-order valence-corrected chi connectivity index (χ3v) is 2.19. The van der Waals surface area contributed by atoms with Crippen molar-refractivity contribution in [3.63, 3.8) is 0 Å². The molecule has 0 aliphatic carbocycles. The molecular formula is C12H11N5O. The molecule has 1 aromatic heterocycles. The van der Waals surface area contributed by atoms with Crippen molar-refractivity contribution in [2.75, 3.05) is 0 Å². The monoisotopic (exact) mass is 241 g/mol. The largest absolute Gasteiger partial charge is 0.335 e. The van der Waals surface area contributed by atoms with Crippen molar-refractivity contribution in [2.45, 2.75) is 13.0 Å². The molecule has 2 aromatic rings. The van der Waals surface area contributed by atoms with Crippen LogP contribution in [-0.4, -0.2) is 26.5 Å². The fourth-order valence-corrected chi connectivity index (χ4v) is 1.30. The molecule has 1 heterocycles. The fourth-order valence-electron chi connectivity index (χ4n) is 1.30. The first kappa shape index (κ1) is 11.8. The van der Waals surface area contributed by atoms with Gasteiger partial charge in [0.2, 0.25) is 0 Å². The van der Waals surface area contributed by atoms with Gasteiger partial charge in [0.15, 0.2) is 5.82 Å². The molecule has 0 saturated heterocycles. The summed E-state index contributed by atoms with van der Waals surface area (Å²) in [7, 11) is 0. The van der Waals surface area contributed by atoms with E-state index in [0.29, 0.717) is 5.82 Å². The zero-order valence-corrected chi connectivity index (χ0v) is 9.71. The molecule has 2 rings (SSSR count). The van der Waals surface area contributed by atoms with Crippen LogP contribution in [0.3, 0.4) is 0 Å². The topological polar surface area (TPSA) is 83.6 Å². The van der Waals surface area contributed by atoms with E-state index in [1.165, 1.54) is 0 Å². The average Bonchev–Trinajstić information content (AvgIpc) is 2.91. The number of amides is 1. The molecule has 90 valence electrons. The summed E-state index contributed by atoms with van der Waals surface area (Å²) in [6.45, 7) is 1.76. The quantitative estimate of drug-likeness (QED) is 0.747. The van der Waals surface area contributed by atoms with E-state index in [9.17, 15) is 4.79 Å². The number of tetrazole rings is 1. The molecule has 6 nitrogen and oxygen atoms in total. The van der Waals surface area contributed by atoms with Crippen molar-refractivity contribution in [1.82, 2.24) is 25.9 Å². The lowest BCUT2D eigenvalue weighted by Crippen LogP contribution is -2.25. The molecule has 2 N–H and O–H groups in total. The van der Waals surface area contributed by atoms with Gasteiger partial charge in [0, 0.05) is 11.5 Å². The number of benzene rings is 1. The molecule has 0 saturated carbocycles. The number of nitrogens with zero attached hydrogens (tertiary/aromatic N) is 3. The van der Waals surface area contributed by atoms with Crippen LogP contribution in [0.15, 0.2) is 30.3 Å². The van der Waals surface area contributed by atoms with Gasteiger partial charge in [-0.2, -0.15) is 5.21 Å². The van der Waals surface area contributed by atoms with E-state index in [4.69, 9.17) is 0 Å². The molecule has 0 fully saturated rings. The van der Waals surface area contributed by atoms with Crippen LogP contribution >= 0.6 is 0 Å². The van der Waals surface area contributed by atoms with E-state index < -0.39 is 0 Å². The Morgan fingerprint density at radius 2 is 2.17 bits per heavy atom. The molecule has 1 unspecified atom stereocenters. The Morgan fingerprint density at radius 3 is 2.83 bits per heavy atom. The van der Waals surface area contributed by atoms with E-state index in [0.717, 1.165) is 5.56 Å². The first-order chi connectivity index (χ1) is 8.75. The van der Waals surface area contributed by atoms with Crippen LogP contribution in [0.5, 0.6) is 0 Å². The second-order valence-corrected chi connectivity index (χ2v) is 3.58. The first-order valence-electron chi connectivity index (χ1n) is 5.36. The number of aromatic amines is 1. The van der Waals surface area contributed by atoms with Crippen LogP contribution in [-0.2, 0) is 4.79 Å². The Kier molecular flexibility index (Phi) is 3.66. The van der Waals surface area contributed by atoms with Crippen LogP contribution < -0.4 is 5.32 Å². The maximum Gasteiger partial charge on any atom is 0.296 e. The third-order valence-electron chi connectivity index (χ3n) is 2.19. The second-order valence-electron chi connectivity index (χ2n) is 3.58. The van der Waals surface area contributed by atoms with E-state index >= 15 is 0 Å². The zero-order chi connectivity index (χ0) is 12.8. The standard InChI is InChI=1S/C12H11N5O/c1-9(12-14-16-17-15-12)13-11(18)8-7-10-5-3-2-4-6-10/h2-6,9H,1H3,(H,13,18)(H,14,15,16,17). The normalized spacial score (nSPS) is 11.2. The molecule has 18 heavy (non-hydrogen) atoms. The van der Waals surface area contributed by atoms with Crippen molar-refractivity contribution in [3.8, 4) is 11.8 Å². The molecule has 0 aliphatic rings. The number of hydrogen-bond acceptors (Lipinski definition) is 4. The van der Waals surface area contributed by atoms with Crippen molar-refractivity contribution in [2.24, 2.45) is 0 Å². The van der Waals surface area contributed by atoms with E-state index in [2.05, 4.69) is 37.8 Å². The Balaban J connectivity index is 1.96. The highest BCUT2D eigenvalue weighted by Crippen LogP contribution is 2.02. The van der Waals surface area contributed by atoms with Crippen molar-refractivity contribution < 1.29 is 4.79 Å². The van der Waals surface area contributed by atoms with Crippen molar-refractivity contribution >= 4 is 5.91 Å². The smallest absolute Gasteiger partial charge is 0.296 e. The van der Waals surface area contributed by atoms with Crippen LogP contribution in [0, 0.1) is 11.8 Å². The van der Waals surface area contributed by atoms with Gasteiger partial charge in [-0.3, -0.25) is 4.79 Å². The fraction of sp³-hybridized carbons (Fsp3) is 0.167. The number of rotatable bonds is 2. The van der Waals surface area contributed by atoms with Gasteiger partial charge in [0.05, 0.1) is 6.04 Å². The van der Waals surface area contributed by atoms with Crippen LogP contribution in [0.2, 0.25) is 0 Å². The average molecular weight is 241 g/mol. The predicted molar refractivity (Wildman–Crippen MR) is 64.1 cm³/mol. The summed E-state index contributed by atoms with van der Waals surface area (Å²) in [4.78, 5) is 11.6. The van der Waals surface area contributed by atoms with Gasteiger partial charge in [0.25, 0.3) is 5.91 Å². The highest BCUT2D eigenvalue weighted by molar-refractivity contribution is 5.94. The molecule has 1 amide bonds. The molecule has 0 bridgehead atoms. The number of H-pyrrole nitrogens is 1. The van der Waals surface area contributed by atoms with Gasteiger partial charge in [-0.1, -0.05) is 29.3 Å². The summed E-state index contributed by atoms with van der Waals surface area (Å²) in [6, 6.07) is 8.96. The van der Waals surface area contributed by atoms with E-state index in [-0.39, 0.29) is 11.9 Å². The maximum absolute atomic E-state index is 11.6. The highest BCUT2D eigenvalue weighted by Gasteiger charge is 2.11. The Bertz CT molecular complexity index is 568. The van der Waals surface area contributed by atoms with Crippen LogP contribution in [0.1, 0.15) is 24.4 Å². The summed E-state index contributed by atoms with van der Waals surface area (Å²) in [6.07, 6.45) is 0. The Labute approximate surface area is 104 Å². The Hall–Kier alpha value is -2.68. The summed E-state index contributed by atoms with van der Waals surface area (Å²) in [5.41, 5.74) is 0.792. The molecule has 6 heteroatoms. The minimum absolute atomic E-state index is 0.332. The molecular weight excluding hydrogens is 230 g/mol. The number of carbonyl (C=O) groups is 1. The van der Waals surface area contributed by atoms with Gasteiger partial charge in [-0.05, 0) is 19.1 Å². The number of hydrogen-bond donors (Lipinski definition) is 2. The van der Waals surface area contributed by atoms with Crippen molar-refractivity contribution in [3.05, 3.63) is 41.7 Å². The second kappa shape index (κ2) is 5.59. The summed E-state index contributed by atoms with van der Waals surface area (Å²) in [5.74, 6) is 5.32. The summed E-state index contributed by atoms with van der Waals surface area (Å²) >= 11 is 0. The molecule has 0 aliphatic heterocycles. The van der Waals surface area contributed by atoms with E-state index in [1.54, 1.807) is 6.92 Å². The molecule has 1 atom stereocenters. The number of nitrogens with one attached hydrogen (secondary N) is 2. The van der Waals surface area contributed by atoms with Crippen LogP contribution in [0.25, 0.3) is 0 Å². The van der Waals surface area contributed by atoms with Crippen LogP contribution in [0.4, 0.5) is 0 Å². The van der Waals surface area contributed by atoms with Gasteiger partial charge in [0.1, 0.15) is 0 Å². The highest BCUT2D eigenvalue weighted by atomic mass is 16.1. The van der Waals surface area contributed by atoms with E-state index in [1.807, 2.05) is 30.3 Å². The summed E-state index contributed by atoms with van der Waals surface area (Å²) < 4.78 is 0. The first-order valence-corrected chi connectivity index (χ1v) is 5.36. The van der Waals surface area contributed by atoms with Gasteiger partial charge >= 0.3 is 0 Å². The van der Waals surface area contributed by atoms with Gasteiger partial charge in [-0.25, -0.2) is 0 Å². The van der Waals surface area contributed by atoms with Gasteiger partial charge < -0.3 is 5.32 Å². The third kappa shape index (κ3) is 3.15. The minimum atomic E-state index is -0.379. The Morgan fingerprint density at radius 1 is 1.39 bits per heavy atom. The zero-order valence-electron chi connectivity index (χ0n) is 9.71. The number of aromatic nitrogens is 4. The minimum Gasteiger partial charge on any atom is -0.335 e. The molecule has 0 spiro atoms. The summed E-state index contributed by atoms with van der Waals surface area (Å²) in [5, 5.41) is 16.0. The maximum atomic E-state index is 11.6. The van der Waals surface area contributed by atoms with Gasteiger partial charge in [-0.15, -0.1) is 10.2 Å². The van der Waals surface area contributed by atoms with Crippen molar-refractivity contribution in [1.29, 1.82) is 0 Å². The lowest BCUT2D eigenvalue weighted by atomic mass is 10.2. The number of carbonyl (C=O) groups excluding carboxylic acids is 1. The molecule has 0 radical (unpaired) electrons. The lowest BCUT2D eigenvalue weighted by molar-refractivity contribution is -0.116. The SMILES string of the molecule is CC(NC(=O)C#Cc1ccccc1)c1nn[nH]n1. The predicted octanol–water partition coefficient (Wildman–Crippen LogP) is 0.429. The molecule has 1 aromatic carbocycles. The lowest BCUT2D eigenvalue weighted by Gasteiger charge is -2.05.